The number of likely N-dealkylation sites (N-methyl/N-ethyl adjacent to an activating group) is 1. The van der Waals surface area contributed by atoms with E-state index in [1.807, 2.05) is 18.9 Å². The Balaban J connectivity index is 2.48. The summed E-state index contributed by atoms with van der Waals surface area (Å²) in [4.78, 5) is 6.78. The number of thioether (sulfide) groups is 1. The molecule has 2 heterocycles. The molecular formula is C12H15BrF3N3S. The van der Waals surface area contributed by atoms with Crippen LogP contribution in [0.5, 0.6) is 0 Å². The topological polar surface area (TPSA) is 28.2 Å². The Morgan fingerprint density at radius 3 is 2.75 bits per heavy atom. The van der Waals surface area contributed by atoms with E-state index in [-0.39, 0.29) is 10.8 Å². The molecule has 0 aliphatic carbocycles. The first-order valence-electron chi connectivity index (χ1n) is 6.18. The van der Waals surface area contributed by atoms with Gasteiger partial charge >= 0.3 is 6.18 Å². The number of alkyl halides is 3. The van der Waals surface area contributed by atoms with Crippen LogP contribution in [0.3, 0.4) is 0 Å². The molecule has 0 spiro atoms. The van der Waals surface area contributed by atoms with Crippen molar-refractivity contribution in [1.82, 2.24) is 15.2 Å². The standard InChI is InChI=1S/C12H15BrF3N3S/c1-3-20-8-6-7(12(14,15)16)10(13)18-9(8)11-17-4-5-19(11)2/h6,11,17H,3-5H2,1-2H3. The molecule has 1 aliphatic rings. The number of nitrogens with zero attached hydrogens (tertiary/aromatic N) is 2. The monoisotopic (exact) mass is 369 g/mol. The van der Waals surface area contributed by atoms with Crippen LogP contribution >= 0.6 is 27.7 Å². The molecule has 0 aromatic carbocycles. The summed E-state index contributed by atoms with van der Waals surface area (Å²) in [6.45, 7) is 3.56. The third-order valence-electron chi connectivity index (χ3n) is 3.08. The molecule has 1 atom stereocenters. The maximum Gasteiger partial charge on any atom is 0.419 e. The van der Waals surface area contributed by atoms with E-state index in [4.69, 9.17) is 0 Å². The lowest BCUT2D eigenvalue weighted by Crippen LogP contribution is -2.26. The number of pyridine rings is 1. The minimum atomic E-state index is -4.40. The van der Waals surface area contributed by atoms with Crippen molar-refractivity contribution in [2.45, 2.75) is 24.2 Å². The maximum atomic E-state index is 12.9. The molecule has 1 aromatic rings. The lowest BCUT2D eigenvalue weighted by molar-refractivity contribution is -0.138. The summed E-state index contributed by atoms with van der Waals surface area (Å²) in [6, 6.07) is 1.19. The molecule has 20 heavy (non-hydrogen) atoms. The van der Waals surface area contributed by atoms with Gasteiger partial charge in [-0.2, -0.15) is 13.2 Å². The Hall–Kier alpha value is -0.310. The summed E-state index contributed by atoms with van der Waals surface area (Å²) in [6.07, 6.45) is -4.54. The summed E-state index contributed by atoms with van der Waals surface area (Å²) >= 11 is 4.33. The molecule has 0 bridgehead atoms. The second-order valence-corrected chi connectivity index (χ2v) is 6.54. The number of halogens is 4. The van der Waals surface area contributed by atoms with Gasteiger partial charge in [0.2, 0.25) is 0 Å². The van der Waals surface area contributed by atoms with E-state index in [0.717, 1.165) is 13.1 Å². The van der Waals surface area contributed by atoms with Crippen LogP contribution in [0.2, 0.25) is 0 Å². The van der Waals surface area contributed by atoms with E-state index in [1.165, 1.54) is 17.8 Å². The van der Waals surface area contributed by atoms with Gasteiger partial charge < -0.3 is 0 Å². The predicted molar refractivity (Wildman–Crippen MR) is 76.7 cm³/mol. The zero-order valence-electron chi connectivity index (χ0n) is 11.1. The van der Waals surface area contributed by atoms with E-state index in [0.29, 0.717) is 16.3 Å². The zero-order chi connectivity index (χ0) is 14.9. The van der Waals surface area contributed by atoms with Gasteiger partial charge in [-0.05, 0) is 34.8 Å². The van der Waals surface area contributed by atoms with Crippen LogP contribution in [-0.2, 0) is 6.18 Å². The SMILES string of the molecule is CCSc1cc(C(F)(F)F)c(Br)nc1C1NCCN1C. The molecule has 112 valence electrons. The summed E-state index contributed by atoms with van der Waals surface area (Å²) in [5, 5.41) is 3.25. The Bertz CT molecular complexity index is 496. The van der Waals surface area contributed by atoms with E-state index >= 15 is 0 Å². The third-order valence-corrected chi connectivity index (χ3v) is 4.61. The molecule has 1 aliphatic heterocycles. The second kappa shape index (κ2) is 6.21. The minimum absolute atomic E-state index is 0.136. The van der Waals surface area contributed by atoms with Crippen LogP contribution in [0.1, 0.15) is 24.3 Å². The Kier molecular flexibility index (Phi) is 4.99. The van der Waals surface area contributed by atoms with Crippen molar-refractivity contribution in [2.75, 3.05) is 25.9 Å². The van der Waals surface area contributed by atoms with E-state index < -0.39 is 11.7 Å². The highest BCUT2D eigenvalue weighted by Gasteiger charge is 2.36. The van der Waals surface area contributed by atoms with Crippen molar-refractivity contribution in [3.05, 3.63) is 21.9 Å². The van der Waals surface area contributed by atoms with Gasteiger partial charge in [0, 0.05) is 18.0 Å². The van der Waals surface area contributed by atoms with Gasteiger partial charge in [-0.15, -0.1) is 11.8 Å². The smallest absolute Gasteiger partial charge is 0.295 e. The Labute approximate surface area is 128 Å². The van der Waals surface area contributed by atoms with Crippen LogP contribution in [0, 0.1) is 0 Å². The lowest BCUT2D eigenvalue weighted by atomic mass is 10.2. The quantitative estimate of drug-likeness (QED) is 0.651. The highest BCUT2D eigenvalue weighted by molar-refractivity contribution is 9.10. The fraction of sp³-hybridized carbons (Fsp3) is 0.583. The summed E-state index contributed by atoms with van der Waals surface area (Å²) < 4.78 is 38.7. The van der Waals surface area contributed by atoms with Gasteiger partial charge in [0.25, 0.3) is 0 Å². The highest BCUT2D eigenvalue weighted by Crippen LogP contribution is 2.39. The molecule has 0 saturated carbocycles. The first-order valence-corrected chi connectivity index (χ1v) is 7.96. The van der Waals surface area contributed by atoms with Crippen molar-refractivity contribution in [1.29, 1.82) is 0 Å². The second-order valence-electron chi connectivity index (χ2n) is 4.48. The average molecular weight is 370 g/mol. The molecule has 1 unspecified atom stereocenters. The summed E-state index contributed by atoms with van der Waals surface area (Å²) in [5.41, 5.74) is -0.0745. The number of aromatic nitrogens is 1. The molecule has 0 radical (unpaired) electrons. The largest absolute Gasteiger partial charge is 0.419 e. The van der Waals surface area contributed by atoms with Gasteiger partial charge in [0.1, 0.15) is 10.8 Å². The number of hydrogen-bond acceptors (Lipinski definition) is 4. The molecule has 1 aromatic heterocycles. The van der Waals surface area contributed by atoms with Crippen molar-refractivity contribution in [3.8, 4) is 0 Å². The molecule has 0 amide bonds. The fourth-order valence-electron chi connectivity index (χ4n) is 2.12. The van der Waals surface area contributed by atoms with E-state index in [9.17, 15) is 13.2 Å². The average Bonchev–Trinajstić information content (AvgIpc) is 2.76. The van der Waals surface area contributed by atoms with Gasteiger partial charge in [-0.1, -0.05) is 6.92 Å². The first-order chi connectivity index (χ1) is 9.34. The summed E-state index contributed by atoms with van der Waals surface area (Å²) in [7, 11) is 1.93. The maximum absolute atomic E-state index is 12.9. The fourth-order valence-corrected chi connectivity index (χ4v) is 3.47. The molecule has 1 N–H and O–H groups in total. The van der Waals surface area contributed by atoms with Crippen LogP contribution in [0.15, 0.2) is 15.6 Å². The molecule has 8 heteroatoms. The number of nitrogens with one attached hydrogen (secondary N) is 1. The molecule has 1 saturated heterocycles. The number of hydrogen-bond donors (Lipinski definition) is 1. The Morgan fingerprint density at radius 2 is 2.25 bits per heavy atom. The Morgan fingerprint density at radius 1 is 1.55 bits per heavy atom. The van der Waals surface area contributed by atoms with E-state index in [2.05, 4.69) is 26.2 Å². The van der Waals surface area contributed by atoms with Crippen LogP contribution in [0.25, 0.3) is 0 Å². The third kappa shape index (κ3) is 3.29. The van der Waals surface area contributed by atoms with Crippen molar-refractivity contribution < 1.29 is 13.2 Å². The van der Waals surface area contributed by atoms with Crippen molar-refractivity contribution in [3.63, 3.8) is 0 Å². The normalized spacial score (nSPS) is 20.6. The van der Waals surface area contributed by atoms with Crippen LogP contribution in [0.4, 0.5) is 13.2 Å². The molecule has 2 rings (SSSR count). The molecular weight excluding hydrogens is 355 g/mol. The molecule has 1 fully saturated rings. The first kappa shape index (κ1) is 16.1. The summed E-state index contributed by atoms with van der Waals surface area (Å²) in [5.74, 6) is 0.698. The van der Waals surface area contributed by atoms with Crippen molar-refractivity contribution in [2.24, 2.45) is 0 Å². The predicted octanol–water partition coefficient (Wildman–Crippen LogP) is 3.51. The molecule has 3 nitrogen and oxygen atoms in total. The van der Waals surface area contributed by atoms with Gasteiger partial charge in [0.05, 0.1) is 11.3 Å². The van der Waals surface area contributed by atoms with Gasteiger partial charge in [-0.3, -0.25) is 10.2 Å². The van der Waals surface area contributed by atoms with Crippen LogP contribution in [-0.4, -0.2) is 35.8 Å². The van der Waals surface area contributed by atoms with E-state index in [1.54, 1.807) is 0 Å². The van der Waals surface area contributed by atoms with Crippen LogP contribution < -0.4 is 5.32 Å². The number of rotatable bonds is 3. The zero-order valence-corrected chi connectivity index (χ0v) is 13.5. The van der Waals surface area contributed by atoms with Gasteiger partial charge in [0.15, 0.2) is 0 Å². The lowest BCUT2D eigenvalue weighted by Gasteiger charge is -2.22. The minimum Gasteiger partial charge on any atom is -0.295 e. The van der Waals surface area contributed by atoms with Gasteiger partial charge in [-0.25, -0.2) is 4.98 Å². The highest BCUT2D eigenvalue weighted by atomic mass is 79.9. The van der Waals surface area contributed by atoms with Crippen molar-refractivity contribution >= 4 is 27.7 Å².